The van der Waals surface area contributed by atoms with E-state index < -0.39 is 11.2 Å². The molecular weight excluding hydrogens is 527 g/mol. The highest BCUT2D eigenvalue weighted by molar-refractivity contribution is 14.1. The zero-order valence-electron chi connectivity index (χ0n) is 21.1. The van der Waals surface area contributed by atoms with Crippen LogP contribution in [0.1, 0.15) is 58.2 Å². The van der Waals surface area contributed by atoms with Crippen LogP contribution in [0.4, 0.5) is 0 Å². The molecule has 2 rings (SSSR count). The molecule has 0 aromatic heterocycles. The van der Waals surface area contributed by atoms with Crippen LogP contribution in [0.5, 0.6) is 0 Å². The summed E-state index contributed by atoms with van der Waals surface area (Å²) in [4.78, 5) is 21.9. The Balaban J connectivity index is 0.000000510. The highest BCUT2D eigenvalue weighted by Crippen LogP contribution is 2.09. The molecule has 2 aromatic rings. The van der Waals surface area contributed by atoms with Crippen molar-refractivity contribution in [1.29, 1.82) is 0 Å². The van der Waals surface area contributed by atoms with Crippen molar-refractivity contribution in [3.63, 3.8) is 0 Å². The van der Waals surface area contributed by atoms with E-state index in [0.29, 0.717) is 0 Å². The summed E-state index contributed by atoms with van der Waals surface area (Å²) < 4.78 is 11.3. The molecule has 180 valence electrons. The molecule has 0 atom stereocenters. The average molecular weight is 565 g/mol. The highest BCUT2D eigenvalue weighted by atomic mass is 127. The average Bonchev–Trinajstić information content (AvgIpc) is 2.68. The van der Waals surface area contributed by atoms with E-state index in [-0.39, 0.29) is 11.9 Å². The van der Waals surface area contributed by atoms with Crippen LogP contribution in [-0.4, -0.2) is 23.1 Å². The van der Waals surface area contributed by atoms with Crippen LogP contribution in [0.25, 0.3) is 6.08 Å². The van der Waals surface area contributed by atoms with Crippen LogP contribution in [0.2, 0.25) is 0 Å². The molecule has 0 heterocycles. The van der Waals surface area contributed by atoms with Crippen molar-refractivity contribution < 1.29 is 19.1 Å². The summed E-state index contributed by atoms with van der Waals surface area (Å²) in [5.74, 6) is -0.685. The van der Waals surface area contributed by atoms with Gasteiger partial charge in [0.1, 0.15) is 11.2 Å². The van der Waals surface area contributed by atoms with Gasteiger partial charge in [0.15, 0.2) is 0 Å². The zero-order chi connectivity index (χ0) is 25.7. The number of hydrogen-bond donors (Lipinski definition) is 0. The number of rotatable bonds is 3. The van der Waals surface area contributed by atoms with Gasteiger partial charge < -0.3 is 9.47 Å². The molecule has 0 spiro atoms. The Labute approximate surface area is 213 Å². The Kier molecular flexibility index (Phi) is 13.6. The fourth-order valence-corrected chi connectivity index (χ4v) is 2.41. The quantitative estimate of drug-likeness (QED) is 0.221. The third-order valence-electron chi connectivity index (χ3n) is 3.48. The molecule has 0 unspecified atom stereocenters. The lowest BCUT2D eigenvalue weighted by molar-refractivity contribution is -0.149. The Morgan fingerprint density at radius 3 is 1.48 bits per heavy atom. The molecule has 0 aliphatic rings. The zero-order valence-corrected chi connectivity index (χ0v) is 23.2. The van der Waals surface area contributed by atoms with Gasteiger partial charge in [0, 0.05) is 15.7 Å². The van der Waals surface area contributed by atoms with Crippen molar-refractivity contribution in [2.45, 2.75) is 66.6 Å². The number of carbonyl (C=O) groups is 2. The molecule has 0 saturated heterocycles. The minimum Gasteiger partial charge on any atom is -0.457 e. The molecule has 0 aliphatic heterocycles. The monoisotopic (exact) mass is 564 g/mol. The molecule has 0 amide bonds. The smallest absolute Gasteiger partial charge is 0.331 e. The van der Waals surface area contributed by atoms with E-state index in [2.05, 4.69) is 60.4 Å². The van der Waals surface area contributed by atoms with E-state index in [4.69, 9.17) is 9.47 Å². The van der Waals surface area contributed by atoms with Gasteiger partial charge >= 0.3 is 11.9 Å². The van der Waals surface area contributed by atoms with Crippen LogP contribution in [0.3, 0.4) is 0 Å². The third kappa shape index (κ3) is 18.8. The molecule has 33 heavy (non-hydrogen) atoms. The second-order valence-electron chi connectivity index (χ2n) is 9.31. The SMILES string of the molecule is C=CC(=O)OC(C)(C)C.Cc1ccc(/C=C/C(=O)OC(C)(C)C)cc1.Cc1ccc(I)cc1. The normalized spacial score (nSPS) is 10.8. The Morgan fingerprint density at radius 1 is 0.758 bits per heavy atom. The number of carbonyl (C=O) groups excluding carboxylic acids is 2. The number of benzene rings is 2. The van der Waals surface area contributed by atoms with Crippen molar-refractivity contribution in [2.24, 2.45) is 0 Å². The highest BCUT2D eigenvalue weighted by Gasteiger charge is 2.14. The molecule has 0 radical (unpaired) electrons. The van der Waals surface area contributed by atoms with Crippen molar-refractivity contribution in [1.82, 2.24) is 0 Å². The number of esters is 2. The summed E-state index contributed by atoms with van der Waals surface area (Å²) in [6, 6.07) is 16.4. The maximum absolute atomic E-state index is 11.4. The molecule has 0 saturated carbocycles. The van der Waals surface area contributed by atoms with Gasteiger partial charge in [0.05, 0.1) is 0 Å². The van der Waals surface area contributed by atoms with Crippen molar-refractivity contribution in [2.75, 3.05) is 0 Å². The summed E-state index contributed by atoms with van der Waals surface area (Å²) in [6.07, 6.45) is 4.37. The second-order valence-corrected chi connectivity index (χ2v) is 10.6. The third-order valence-corrected chi connectivity index (χ3v) is 4.20. The maximum Gasteiger partial charge on any atom is 0.331 e. The van der Waals surface area contributed by atoms with Gasteiger partial charge in [-0.1, -0.05) is 54.1 Å². The van der Waals surface area contributed by atoms with E-state index in [0.717, 1.165) is 11.6 Å². The number of hydrogen-bond acceptors (Lipinski definition) is 4. The molecular formula is C28H37IO4. The Bertz CT molecular complexity index is 876. The second kappa shape index (κ2) is 14.7. The largest absolute Gasteiger partial charge is 0.457 e. The first kappa shape index (κ1) is 30.6. The fourth-order valence-electron chi connectivity index (χ4n) is 2.05. The lowest BCUT2D eigenvalue weighted by Gasteiger charge is -2.17. The molecule has 4 nitrogen and oxygen atoms in total. The van der Waals surface area contributed by atoms with Gasteiger partial charge in [0.2, 0.25) is 0 Å². The van der Waals surface area contributed by atoms with E-state index in [1.807, 2.05) is 72.7 Å². The van der Waals surface area contributed by atoms with Gasteiger partial charge in [-0.15, -0.1) is 0 Å². The molecule has 0 aliphatic carbocycles. The number of ether oxygens (including phenoxy) is 2. The fraction of sp³-hybridized carbons (Fsp3) is 0.357. The lowest BCUT2D eigenvalue weighted by atomic mass is 10.1. The van der Waals surface area contributed by atoms with Crippen LogP contribution in [0, 0.1) is 17.4 Å². The summed E-state index contributed by atoms with van der Waals surface area (Å²) in [5.41, 5.74) is 2.69. The van der Waals surface area contributed by atoms with Gasteiger partial charge in [0.25, 0.3) is 0 Å². The van der Waals surface area contributed by atoms with Crippen molar-refractivity contribution in [3.8, 4) is 0 Å². The summed E-state index contributed by atoms with van der Waals surface area (Å²) in [5, 5.41) is 0. The van der Waals surface area contributed by atoms with Gasteiger partial charge in [-0.05, 0) is 102 Å². The molecule has 0 N–H and O–H groups in total. The molecule has 2 aromatic carbocycles. The van der Waals surface area contributed by atoms with E-state index in [1.165, 1.54) is 20.8 Å². The summed E-state index contributed by atoms with van der Waals surface area (Å²) >= 11 is 2.30. The Morgan fingerprint density at radius 2 is 1.15 bits per heavy atom. The van der Waals surface area contributed by atoms with Crippen LogP contribution in [0.15, 0.2) is 67.3 Å². The first-order chi connectivity index (χ1) is 15.1. The molecule has 5 heteroatoms. The van der Waals surface area contributed by atoms with Crippen LogP contribution in [-0.2, 0) is 19.1 Å². The Hall–Kier alpha value is -2.41. The maximum atomic E-state index is 11.4. The number of aryl methyl sites for hydroxylation is 2. The first-order valence-corrected chi connectivity index (χ1v) is 11.7. The van der Waals surface area contributed by atoms with E-state index >= 15 is 0 Å². The topological polar surface area (TPSA) is 52.6 Å². The van der Waals surface area contributed by atoms with Crippen molar-refractivity contribution >= 4 is 40.6 Å². The minimum atomic E-state index is -0.436. The van der Waals surface area contributed by atoms with E-state index in [1.54, 1.807) is 6.08 Å². The molecule has 0 fully saturated rings. The van der Waals surface area contributed by atoms with Gasteiger partial charge in [-0.25, -0.2) is 9.59 Å². The van der Waals surface area contributed by atoms with E-state index in [9.17, 15) is 9.59 Å². The lowest BCUT2D eigenvalue weighted by Crippen LogP contribution is -2.22. The van der Waals surface area contributed by atoms with Crippen LogP contribution >= 0.6 is 22.6 Å². The van der Waals surface area contributed by atoms with Crippen molar-refractivity contribution in [3.05, 3.63) is 87.5 Å². The molecule has 0 bridgehead atoms. The predicted octanol–water partition coefficient (Wildman–Crippen LogP) is 7.46. The standard InChI is InChI=1S/C14H18O2.C7H7I.C7H12O2/c1-11-5-7-12(8-6-11)9-10-13(15)16-14(2,3)4;1-6-2-4-7(8)5-3-6;1-5-6(8)9-7(2,3)4/h5-10H,1-4H3;2-5H,1H3;5H,1H2,2-4H3/b10-9+;;. The minimum absolute atomic E-state index is 0.312. The van der Waals surface area contributed by atoms with Gasteiger partial charge in [-0.2, -0.15) is 0 Å². The van der Waals surface area contributed by atoms with Gasteiger partial charge in [-0.3, -0.25) is 0 Å². The first-order valence-electron chi connectivity index (χ1n) is 10.7. The summed E-state index contributed by atoms with van der Waals surface area (Å²) in [6.45, 7) is 18.4. The van der Waals surface area contributed by atoms with Crippen LogP contribution < -0.4 is 0 Å². The number of halogens is 1. The summed E-state index contributed by atoms with van der Waals surface area (Å²) in [7, 11) is 0. The predicted molar refractivity (Wildman–Crippen MR) is 146 cm³/mol.